The van der Waals surface area contributed by atoms with Gasteiger partial charge in [0.1, 0.15) is 0 Å². The second kappa shape index (κ2) is 6.83. The molecule has 1 aromatic carbocycles. The Morgan fingerprint density at radius 2 is 1.78 bits per heavy atom. The van der Waals surface area contributed by atoms with Crippen molar-refractivity contribution in [2.24, 2.45) is 0 Å². The molecular weight excluding hydrogens is 276 g/mol. The van der Waals surface area contributed by atoms with Crippen molar-refractivity contribution < 1.29 is 16.9 Å². The van der Waals surface area contributed by atoms with Crippen molar-refractivity contribution in [2.75, 3.05) is 36.8 Å². The van der Waals surface area contributed by atoms with Crippen LogP contribution in [0.5, 0.6) is 0 Å². The summed E-state index contributed by atoms with van der Waals surface area (Å²) in [4.78, 5) is 0. The van der Waals surface area contributed by atoms with E-state index < -0.39 is 22.3 Å². The lowest BCUT2D eigenvalue weighted by molar-refractivity contribution is 0.336. The van der Waals surface area contributed by atoms with Crippen LogP contribution in [0.3, 0.4) is 0 Å². The van der Waals surface area contributed by atoms with Gasteiger partial charge in [-0.1, -0.05) is 6.07 Å². The van der Waals surface area contributed by atoms with Gasteiger partial charge >= 0.3 is 0 Å². The highest BCUT2D eigenvalue weighted by molar-refractivity contribution is 7.81. The second-order valence-corrected chi connectivity index (χ2v) is 5.64. The molecule has 0 aliphatic carbocycles. The van der Waals surface area contributed by atoms with Crippen LogP contribution >= 0.6 is 0 Å². The van der Waals surface area contributed by atoms with Gasteiger partial charge in [0, 0.05) is 20.4 Å². The fraction of sp³-hybridized carbons (Fsp3) is 0.400. The fourth-order valence-electron chi connectivity index (χ4n) is 1.28. The molecule has 0 N–H and O–H groups in total. The molecule has 0 fully saturated rings. The standard InChI is InChI=1S/C10H16N2O4S2/c1-11(16-17(4)13)9-6-5-7-10(8-9)12(2)18(14)15-3/h5-8H,1-4H3. The first-order valence-corrected chi connectivity index (χ1v) is 7.53. The summed E-state index contributed by atoms with van der Waals surface area (Å²) in [5.74, 6) is 0. The lowest BCUT2D eigenvalue weighted by atomic mass is 10.3. The molecule has 18 heavy (non-hydrogen) atoms. The lowest BCUT2D eigenvalue weighted by Gasteiger charge is -2.20. The molecule has 8 heteroatoms. The monoisotopic (exact) mass is 292 g/mol. The molecule has 2 atom stereocenters. The van der Waals surface area contributed by atoms with Crippen LogP contribution in [-0.4, -0.2) is 35.9 Å². The van der Waals surface area contributed by atoms with E-state index in [0.29, 0.717) is 11.4 Å². The minimum atomic E-state index is -1.54. The van der Waals surface area contributed by atoms with E-state index in [1.807, 2.05) is 0 Å². The van der Waals surface area contributed by atoms with Crippen LogP contribution in [0.4, 0.5) is 11.4 Å². The molecule has 2 unspecified atom stereocenters. The van der Waals surface area contributed by atoms with Crippen LogP contribution in [-0.2, 0) is 30.8 Å². The molecular formula is C10H16N2O4S2. The smallest absolute Gasteiger partial charge is 0.263 e. The average Bonchev–Trinajstić information content (AvgIpc) is 2.36. The van der Waals surface area contributed by atoms with Crippen LogP contribution in [0, 0.1) is 0 Å². The van der Waals surface area contributed by atoms with E-state index in [1.54, 1.807) is 38.4 Å². The zero-order chi connectivity index (χ0) is 13.7. The van der Waals surface area contributed by atoms with Gasteiger partial charge < -0.3 is 0 Å². The number of nitrogens with zero attached hydrogens (tertiary/aromatic N) is 2. The van der Waals surface area contributed by atoms with Crippen LogP contribution < -0.4 is 9.37 Å². The topological polar surface area (TPSA) is 59.1 Å². The summed E-state index contributed by atoms with van der Waals surface area (Å²) in [5.41, 5.74) is 1.40. The number of hydroxylamine groups is 1. The Bertz CT molecular complexity index is 455. The summed E-state index contributed by atoms with van der Waals surface area (Å²) in [5, 5.41) is 1.39. The first-order valence-electron chi connectivity index (χ1n) is 5.01. The third-order valence-corrected chi connectivity index (χ3v) is 3.52. The molecule has 0 aliphatic heterocycles. The minimum absolute atomic E-state index is 0.697. The Labute approximate surface area is 112 Å². The first kappa shape index (κ1) is 15.1. The van der Waals surface area contributed by atoms with Crippen molar-refractivity contribution in [2.45, 2.75) is 0 Å². The van der Waals surface area contributed by atoms with Gasteiger partial charge in [-0.3, -0.25) is 8.49 Å². The maximum absolute atomic E-state index is 11.5. The Balaban J connectivity index is 2.91. The van der Waals surface area contributed by atoms with E-state index >= 15 is 0 Å². The van der Waals surface area contributed by atoms with Gasteiger partial charge in [0.15, 0.2) is 11.1 Å². The van der Waals surface area contributed by atoms with Crippen molar-refractivity contribution in [3.63, 3.8) is 0 Å². The molecule has 6 nitrogen and oxygen atoms in total. The lowest BCUT2D eigenvalue weighted by Crippen LogP contribution is -2.22. The van der Waals surface area contributed by atoms with E-state index in [4.69, 9.17) is 8.47 Å². The quantitative estimate of drug-likeness (QED) is 0.732. The Kier molecular flexibility index (Phi) is 5.73. The van der Waals surface area contributed by atoms with Crippen molar-refractivity contribution in [3.8, 4) is 0 Å². The number of hydrogen-bond donors (Lipinski definition) is 0. The summed E-state index contributed by atoms with van der Waals surface area (Å²) >= 11 is -2.94. The van der Waals surface area contributed by atoms with E-state index in [9.17, 15) is 8.42 Å². The van der Waals surface area contributed by atoms with Crippen LogP contribution in [0.2, 0.25) is 0 Å². The summed E-state index contributed by atoms with van der Waals surface area (Å²) in [6.07, 6.45) is 1.44. The van der Waals surface area contributed by atoms with E-state index in [1.165, 1.54) is 22.7 Å². The molecule has 0 saturated carbocycles. The minimum Gasteiger partial charge on any atom is -0.277 e. The molecule has 0 aliphatic rings. The zero-order valence-electron chi connectivity index (χ0n) is 10.7. The van der Waals surface area contributed by atoms with Crippen molar-refractivity contribution >= 4 is 33.7 Å². The number of anilines is 2. The number of benzene rings is 1. The largest absolute Gasteiger partial charge is 0.277 e. The Morgan fingerprint density at radius 3 is 2.33 bits per heavy atom. The molecule has 0 spiro atoms. The predicted octanol–water partition coefficient (Wildman–Crippen LogP) is 1.01. The normalized spacial score (nSPS) is 14.0. The molecule has 0 saturated heterocycles. The van der Waals surface area contributed by atoms with Crippen molar-refractivity contribution in [1.29, 1.82) is 0 Å². The van der Waals surface area contributed by atoms with Gasteiger partial charge in [-0.15, -0.1) is 0 Å². The van der Waals surface area contributed by atoms with Crippen molar-refractivity contribution in [1.82, 2.24) is 0 Å². The third-order valence-electron chi connectivity index (χ3n) is 2.14. The number of rotatable bonds is 6. The maximum Gasteiger partial charge on any atom is 0.263 e. The second-order valence-electron chi connectivity index (χ2n) is 3.37. The molecule has 102 valence electrons. The fourth-order valence-corrected chi connectivity index (χ4v) is 2.19. The maximum atomic E-state index is 11.5. The summed E-state index contributed by atoms with van der Waals surface area (Å²) in [6.45, 7) is 0. The summed E-state index contributed by atoms with van der Waals surface area (Å²) < 4.78 is 33.7. The van der Waals surface area contributed by atoms with E-state index in [-0.39, 0.29) is 0 Å². The highest BCUT2D eigenvalue weighted by Crippen LogP contribution is 2.22. The van der Waals surface area contributed by atoms with Crippen molar-refractivity contribution in [3.05, 3.63) is 24.3 Å². The molecule has 0 aromatic heterocycles. The Morgan fingerprint density at radius 1 is 1.17 bits per heavy atom. The molecule has 0 radical (unpaired) electrons. The van der Waals surface area contributed by atoms with Gasteiger partial charge in [0.25, 0.3) is 11.3 Å². The van der Waals surface area contributed by atoms with E-state index in [2.05, 4.69) is 0 Å². The SMILES string of the molecule is COS(=O)N(C)c1cccc(N(C)OS(C)=O)c1. The first-order chi connectivity index (χ1) is 8.45. The van der Waals surface area contributed by atoms with Gasteiger partial charge in [0.05, 0.1) is 18.5 Å². The molecule has 1 rings (SSSR count). The van der Waals surface area contributed by atoms with Crippen LogP contribution in [0.25, 0.3) is 0 Å². The molecule has 0 bridgehead atoms. The highest BCUT2D eigenvalue weighted by atomic mass is 32.2. The van der Waals surface area contributed by atoms with Gasteiger partial charge in [-0.05, 0) is 18.2 Å². The predicted molar refractivity (Wildman–Crippen MR) is 73.6 cm³/mol. The average molecular weight is 292 g/mol. The number of hydrogen-bond acceptors (Lipinski definition) is 5. The van der Waals surface area contributed by atoms with Crippen LogP contribution in [0.1, 0.15) is 0 Å². The zero-order valence-corrected chi connectivity index (χ0v) is 12.3. The third kappa shape index (κ3) is 4.05. The highest BCUT2D eigenvalue weighted by Gasteiger charge is 2.11. The summed E-state index contributed by atoms with van der Waals surface area (Å²) in [6, 6.07) is 7.12. The van der Waals surface area contributed by atoms with Gasteiger partial charge in [-0.2, -0.15) is 4.28 Å². The molecule has 1 aromatic rings. The van der Waals surface area contributed by atoms with Gasteiger partial charge in [0.2, 0.25) is 0 Å². The van der Waals surface area contributed by atoms with E-state index in [0.717, 1.165) is 0 Å². The van der Waals surface area contributed by atoms with Gasteiger partial charge in [-0.25, -0.2) is 13.5 Å². The Hall–Kier alpha value is -0.960. The van der Waals surface area contributed by atoms with Crippen LogP contribution in [0.15, 0.2) is 24.3 Å². The molecule has 0 heterocycles. The summed E-state index contributed by atoms with van der Waals surface area (Å²) in [7, 11) is 4.66. The molecule has 0 amide bonds.